The Balaban J connectivity index is 1.46. The molecule has 1 heterocycles. The van der Waals surface area contributed by atoms with Gasteiger partial charge in [-0.1, -0.05) is 36.4 Å². The van der Waals surface area contributed by atoms with Crippen LogP contribution in [0.15, 0.2) is 60.7 Å². The van der Waals surface area contributed by atoms with Gasteiger partial charge in [-0.25, -0.2) is 0 Å². The molecular weight excluding hydrogens is 507 g/mol. The number of ether oxygens (including phenoxy) is 1. The van der Waals surface area contributed by atoms with Crippen LogP contribution in [0.1, 0.15) is 41.4 Å². The fourth-order valence-electron chi connectivity index (χ4n) is 4.96. The zero-order valence-corrected chi connectivity index (χ0v) is 22.4. The molecule has 9 heteroatoms. The quantitative estimate of drug-likeness (QED) is 0.291. The van der Waals surface area contributed by atoms with E-state index in [-0.39, 0.29) is 17.6 Å². The van der Waals surface area contributed by atoms with Crippen LogP contribution in [0.4, 0.5) is 18.9 Å². The van der Waals surface area contributed by atoms with E-state index >= 15 is 0 Å². The van der Waals surface area contributed by atoms with Crippen molar-refractivity contribution in [3.8, 4) is 11.3 Å². The Morgan fingerprint density at radius 3 is 2.54 bits per heavy atom. The SMILES string of the molecule is CCOC(=O)C1CC1CN(C)CCCn1c(-c2ccccc2)cc(C(=O)Nc2cccc(C(F)(F)F)c2)c1C. The normalized spacial score (nSPS) is 16.8. The van der Waals surface area contributed by atoms with Gasteiger partial charge in [0.2, 0.25) is 0 Å². The largest absolute Gasteiger partial charge is 0.466 e. The van der Waals surface area contributed by atoms with E-state index in [0.717, 1.165) is 55.0 Å². The van der Waals surface area contributed by atoms with Crippen molar-refractivity contribution < 1.29 is 27.5 Å². The summed E-state index contributed by atoms with van der Waals surface area (Å²) in [6.45, 7) is 6.36. The first-order valence-electron chi connectivity index (χ1n) is 13.2. The summed E-state index contributed by atoms with van der Waals surface area (Å²) in [5.74, 6) is -0.240. The molecule has 2 unspecified atom stereocenters. The van der Waals surface area contributed by atoms with Gasteiger partial charge in [0.05, 0.1) is 23.7 Å². The topological polar surface area (TPSA) is 63.6 Å². The van der Waals surface area contributed by atoms with Gasteiger partial charge < -0.3 is 19.5 Å². The van der Waals surface area contributed by atoms with Crippen LogP contribution < -0.4 is 5.32 Å². The summed E-state index contributed by atoms with van der Waals surface area (Å²) in [5, 5.41) is 2.63. The highest BCUT2D eigenvalue weighted by atomic mass is 19.4. The molecule has 1 fully saturated rings. The molecule has 2 atom stereocenters. The Hall–Kier alpha value is -3.59. The van der Waals surface area contributed by atoms with Gasteiger partial charge in [-0.3, -0.25) is 9.59 Å². The Morgan fingerprint density at radius 1 is 1.10 bits per heavy atom. The Bertz CT molecular complexity index is 1300. The van der Waals surface area contributed by atoms with Crippen molar-refractivity contribution in [3.63, 3.8) is 0 Å². The smallest absolute Gasteiger partial charge is 0.416 e. The van der Waals surface area contributed by atoms with Gasteiger partial charge in [-0.15, -0.1) is 0 Å². The van der Waals surface area contributed by atoms with Gasteiger partial charge in [-0.2, -0.15) is 13.2 Å². The van der Waals surface area contributed by atoms with E-state index in [2.05, 4.69) is 14.8 Å². The standard InChI is InChI=1S/C30H34F3N3O3/c1-4-39-29(38)26-16-22(26)19-35(3)14-9-15-36-20(2)25(18-27(36)21-10-6-5-7-11-21)28(37)34-24-13-8-12-23(17-24)30(31,32)33/h5-8,10-13,17-18,22,26H,4,9,14-16,19H2,1-3H3,(H,34,37). The number of esters is 1. The minimum absolute atomic E-state index is 0.00155. The van der Waals surface area contributed by atoms with Gasteiger partial charge in [0.25, 0.3) is 5.91 Å². The van der Waals surface area contributed by atoms with Crippen LogP contribution in [-0.4, -0.2) is 48.1 Å². The second kappa shape index (κ2) is 12.1. The lowest BCUT2D eigenvalue weighted by Crippen LogP contribution is -2.25. The number of alkyl halides is 3. The molecule has 1 aromatic heterocycles. The number of nitrogens with one attached hydrogen (secondary N) is 1. The van der Waals surface area contributed by atoms with Crippen molar-refractivity contribution in [1.29, 1.82) is 0 Å². The summed E-state index contributed by atoms with van der Waals surface area (Å²) in [7, 11) is 2.04. The molecule has 6 nitrogen and oxygen atoms in total. The predicted molar refractivity (Wildman–Crippen MR) is 144 cm³/mol. The fraction of sp³-hybridized carbons (Fsp3) is 0.400. The molecule has 0 spiro atoms. The second-order valence-electron chi connectivity index (χ2n) is 10.0. The summed E-state index contributed by atoms with van der Waals surface area (Å²) < 4.78 is 46.6. The van der Waals surface area contributed by atoms with E-state index in [9.17, 15) is 22.8 Å². The van der Waals surface area contributed by atoms with Crippen LogP contribution in [0.3, 0.4) is 0 Å². The molecule has 4 rings (SSSR count). The number of carbonyl (C=O) groups is 2. The number of anilines is 1. The van der Waals surface area contributed by atoms with Crippen molar-refractivity contribution in [2.24, 2.45) is 11.8 Å². The average Bonchev–Trinajstić information content (AvgIpc) is 3.59. The molecule has 0 aliphatic heterocycles. The summed E-state index contributed by atoms with van der Waals surface area (Å²) in [5.41, 5.74) is 2.24. The molecule has 39 heavy (non-hydrogen) atoms. The number of rotatable bonds is 11. The number of nitrogens with zero attached hydrogens (tertiary/aromatic N) is 2. The van der Waals surface area contributed by atoms with Crippen LogP contribution in [0, 0.1) is 18.8 Å². The maximum Gasteiger partial charge on any atom is 0.416 e. The molecule has 1 amide bonds. The van der Waals surface area contributed by atoms with Gasteiger partial charge in [0.15, 0.2) is 0 Å². The highest BCUT2D eigenvalue weighted by Gasteiger charge is 2.44. The maximum atomic E-state index is 13.2. The average molecular weight is 542 g/mol. The van der Waals surface area contributed by atoms with Crippen LogP contribution >= 0.6 is 0 Å². The number of hydrogen-bond acceptors (Lipinski definition) is 4. The molecule has 1 N–H and O–H groups in total. The Labute approximate surface area is 226 Å². The second-order valence-corrected chi connectivity index (χ2v) is 10.0. The van der Waals surface area contributed by atoms with E-state index in [1.54, 1.807) is 6.07 Å². The highest BCUT2D eigenvalue weighted by molar-refractivity contribution is 6.06. The first-order chi connectivity index (χ1) is 18.6. The van der Waals surface area contributed by atoms with Gasteiger partial charge in [0.1, 0.15) is 0 Å². The molecule has 0 radical (unpaired) electrons. The number of aromatic nitrogens is 1. The van der Waals surface area contributed by atoms with Crippen LogP contribution in [0.2, 0.25) is 0 Å². The number of benzene rings is 2. The number of halogens is 3. The van der Waals surface area contributed by atoms with E-state index in [1.165, 1.54) is 12.1 Å². The number of carbonyl (C=O) groups excluding carboxylic acids is 2. The van der Waals surface area contributed by atoms with Gasteiger partial charge in [-0.05, 0) is 76.0 Å². The van der Waals surface area contributed by atoms with Crippen LogP contribution in [-0.2, 0) is 22.3 Å². The number of hydrogen-bond donors (Lipinski definition) is 1. The van der Waals surface area contributed by atoms with Crippen LogP contribution in [0.25, 0.3) is 11.3 Å². The summed E-state index contributed by atoms with van der Waals surface area (Å²) in [6, 6.07) is 16.1. The molecule has 3 aromatic rings. The third-order valence-corrected chi connectivity index (χ3v) is 7.11. The maximum absolute atomic E-state index is 13.2. The lowest BCUT2D eigenvalue weighted by Gasteiger charge is -2.18. The van der Waals surface area contributed by atoms with E-state index in [1.807, 2.05) is 51.2 Å². The summed E-state index contributed by atoms with van der Waals surface area (Å²) in [4.78, 5) is 27.3. The van der Waals surface area contributed by atoms with E-state index in [0.29, 0.717) is 24.6 Å². The van der Waals surface area contributed by atoms with Crippen molar-refractivity contribution in [2.45, 2.75) is 39.4 Å². The molecule has 1 saturated carbocycles. The molecule has 0 saturated heterocycles. The van der Waals surface area contributed by atoms with Crippen molar-refractivity contribution in [3.05, 3.63) is 77.5 Å². The summed E-state index contributed by atoms with van der Waals surface area (Å²) in [6.07, 6.45) is -2.81. The van der Waals surface area contributed by atoms with E-state index in [4.69, 9.17) is 4.74 Å². The number of amides is 1. The monoisotopic (exact) mass is 541 g/mol. The first-order valence-corrected chi connectivity index (χ1v) is 13.2. The molecule has 208 valence electrons. The van der Waals surface area contributed by atoms with Crippen molar-refractivity contribution in [1.82, 2.24) is 9.47 Å². The lowest BCUT2D eigenvalue weighted by atomic mass is 10.1. The predicted octanol–water partition coefficient (Wildman–Crippen LogP) is 6.26. The lowest BCUT2D eigenvalue weighted by molar-refractivity contribution is -0.145. The Morgan fingerprint density at radius 2 is 1.85 bits per heavy atom. The molecule has 2 aromatic carbocycles. The molecule has 0 bridgehead atoms. The third kappa shape index (κ3) is 7.09. The zero-order valence-electron chi connectivity index (χ0n) is 22.4. The highest BCUT2D eigenvalue weighted by Crippen LogP contribution is 2.40. The van der Waals surface area contributed by atoms with Crippen molar-refractivity contribution >= 4 is 17.6 Å². The van der Waals surface area contributed by atoms with Crippen molar-refractivity contribution in [2.75, 3.05) is 32.1 Å². The minimum Gasteiger partial charge on any atom is -0.466 e. The molecular formula is C30H34F3N3O3. The fourth-order valence-corrected chi connectivity index (χ4v) is 4.96. The van der Waals surface area contributed by atoms with Gasteiger partial charge >= 0.3 is 12.1 Å². The zero-order chi connectivity index (χ0) is 28.2. The van der Waals surface area contributed by atoms with Crippen LogP contribution in [0.5, 0.6) is 0 Å². The minimum atomic E-state index is -4.49. The molecule has 1 aliphatic carbocycles. The molecule has 1 aliphatic rings. The van der Waals surface area contributed by atoms with E-state index < -0.39 is 17.6 Å². The third-order valence-electron chi connectivity index (χ3n) is 7.11. The van der Waals surface area contributed by atoms with Gasteiger partial charge in [0, 0.05) is 30.2 Å². The Kier molecular flexibility index (Phi) is 8.80. The first kappa shape index (κ1) is 28.4. The summed E-state index contributed by atoms with van der Waals surface area (Å²) >= 11 is 0.